The number of anilines is 2. The summed E-state index contributed by atoms with van der Waals surface area (Å²) < 4.78 is 3.54. The molecule has 2 aliphatic heterocycles. The van der Waals surface area contributed by atoms with Crippen molar-refractivity contribution in [2.75, 3.05) is 16.3 Å². The molecule has 5 nitrogen and oxygen atoms in total. The van der Waals surface area contributed by atoms with Gasteiger partial charge in [0, 0.05) is 18.8 Å². The topological polar surface area (TPSA) is 45.6 Å². The Morgan fingerprint density at radius 1 is 0.971 bits per heavy atom. The fourth-order valence-electron chi connectivity index (χ4n) is 4.38. The van der Waals surface area contributed by atoms with Gasteiger partial charge in [-0.25, -0.2) is 0 Å². The molecule has 1 fully saturated rings. The summed E-state index contributed by atoms with van der Waals surface area (Å²) in [5.41, 5.74) is 4.86. The minimum atomic E-state index is -0.177. The van der Waals surface area contributed by atoms with Crippen molar-refractivity contribution < 1.29 is 4.79 Å². The quantitative estimate of drug-likeness (QED) is 0.476. The van der Waals surface area contributed by atoms with Crippen LogP contribution in [0.1, 0.15) is 31.4 Å². The van der Waals surface area contributed by atoms with E-state index in [4.69, 9.17) is 12.2 Å². The van der Waals surface area contributed by atoms with Crippen LogP contribution in [0.2, 0.25) is 0 Å². The monoisotopic (exact) mass is 519 g/mol. The van der Waals surface area contributed by atoms with E-state index in [-0.39, 0.29) is 11.5 Å². The first-order chi connectivity index (χ1) is 16.9. The number of carbonyl (C=O) groups excluding carboxylic acids is 1. The summed E-state index contributed by atoms with van der Waals surface area (Å²) in [5, 5.41) is 0. The van der Waals surface area contributed by atoms with Gasteiger partial charge in [0.2, 0.25) is 0 Å². The van der Waals surface area contributed by atoms with Crippen molar-refractivity contribution in [1.29, 1.82) is 0 Å². The molecule has 0 bridgehead atoms. The van der Waals surface area contributed by atoms with Gasteiger partial charge in [-0.2, -0.15) is 0 Å². The molecular formula is C27H25N3O2S3. The summed E-state index contributed by atoms with van der Waals surface area (Å²) in [4.78, 5) is 31.5. The van der Waals surface area contributed by atoms with Gasteiger partial charge in [-0.15, -0.1) is 11.3 Å². The number of amides is 1. The van der Waals surface area contributed by atoms with Crippen molar-refractivity contribution in [2.24, 2.45) is 0 Å². The minimum absolute atomic E-state index is 0.0649. The molecule has 8 heteroatoms. The molecule has 1 saturated heterocycles. The van der Waals surface area contributed by atoms with Crippen LogP contribution in [0.5, 0.6) is 0 Å². The largest absolute Gasteiger partial charge is 0.340 e. The van der Waals surface area contributed by atoms with Gasteiger partial charge >= 0.3 is 0 Å². The van der Waals surface area contributed by atoms with Crippen molar-refractivity contribution in [3.05, 3.63) is 85.3 Å². The van der Waals surface area contributed by atoms with Gasteiger partial charge in [-0.3, -0.25) is 19.1 Å². The van der Waals surface area contributed by atoms with Crippen LogP contribution in [0.4, 0.5) is 11.4 Å². The first-order valence-electron chi connectivity index (χ1n) is 11.6. The molecule has 2 aliphatic rings. The summed E-state index contributed by atoms with van der Waals surface area (Å²) in [6.07, 6.45) is 4.85. The summed E-state index contributed by atoms with van der Waals surface area (Å²) in [7, 11) is 0. The number of benzene rings is 2. The fourth-order valence-corrected chi connectivity index (χ4v) is 7.04. The molecule has 0 radical (unpaired) electrons. The fraction of sp³-hybridized carbons (Fsp3) is 0.222. The van der Waals surface area contributed by atoms with Crippen LogP contribution in [0, 0.1) is 6.92 Å². The second-order valence-corrected chi connectivity index (χ2v) is 11.0. The van der Waals surface area contributed by atoms with Gasteiger partial charge in [0.15, 0.2) is 4.32 Å². The smallest absolute Gasteiger partial charge is 0.273 e. The average molecular weight is 520 g/mol. The number of fused-ring (bicyclic) bond motifs is 1. The predicted molar refractivity (Wildman–Crippen MR) is 152 cm³/mol. The Hall–Kier alpha value is -2.94. The van der Waals surface area contributed by atoms with Crippen LogP contribution in [0.15, 0.2) is 59.4 Å². The molecule has 3 aromatic rings. The number of para-hydroxylation sites is 1. The second-order valence-electron chi connectivity index (χ2n) is 8.39. The molecule has 35 heavy (non-hydrogen) atoms. The average Bonchev–Trinajstić information content (AvgIpc) is 3.34. The zero-order chi connectivity index (χ0) is 24.7. The highest BCUT2D eigenvalue weighted by molar-refractivity contribution is 8.31. The lowest BCUT2D eigenvalue weighted by molar-refractivity contribution is -0.112. The van der Waals surface area contributed by atoms with Crippen molar-refractivity contribution in [3.8, 4) is 0 Å². The molecular weight excluding hydrogens is 495 g/mol. The van der Waals surface area contributed by atoms with Gasteiger partial charge in [0.25, 0.3) is 11.5 Å². The van der Waals surface area contributed by atoms with Crippen LogP contribution in [-0.4, -0.2) is 21.3 Å². The molecule has 178 valence electrons. The molecule has 0 aliphatic carbocycles. The Morgan fingerprint density at radius 3 is 2.43 bits per heavy atom. The zero-order valence-corrected chi connectivity index (χ0v) is 22.2. The molecule has 1 aromatic heterocycles. The van der Waals surface area contributed by atoms with Gasteiger partial charge in [0.1, 0.15) is 14.1 Å². The Balaban J connectivity index is 1.73. The lowest BCUT2D eigenvalue weighted by atomic mass is 10.1. The van der Waals surface area contributed by atoms with E-state index in [2.05, 4.69) is 30.0 Å². The van der Waals surface area contributed by atoms with E-state index in [9.17, 15) is 9.59 Å². The molecule has 2 aromatic carbocycles. The third kappa shape index (κ3) is 4.09. The van der Waals surface area contributed by atoms with Gasteiger partial charge in [-0.05, 0) is 50.1 Å². The van der Waals surface area contributed by atoms with Gasteiger partial charge < -0.3 is 4.90 Å². The molecule has 5 rings (SSSR count). The number of aryl methyl sites for hydroxylation is 1. The summed E-state index contributed by atoms with van der Waals surface area (Å²) in [6, 6.07) is 15.9. The number of hydrogen-bond donors (Lipinski definition) is 0. The maximum Gasteiger partial charge on any atom is 0.273 e. The highest BCUT2D eigenvalue weighted by Crippen LogP contribution is 2.35. The molecule has 0 N–H and O–H groups in total. The van der Waals surface area contributed by atoms with Gasteiger partial charge in [0.05, 0.1) is 11.4 Å². The van der Waals surface area contributed by atoms with Crippen LogP contribution < -0.4 is 24.6 Å². The first-order valence-corrected chi connectivity index (χ1v) is 13.6. The number of hydrogen-bond acceptors (Lipinski definition) is 6. The number of rotatable bonds is 4. The molecule has 0 saturated carbocycles. The van der Waals surface area contributed by atoms with Crippen molar-refractivity contribution in [2.45, 2.75) is 33.7 Å². The van der Waals surface area contributed by atoms with Crippen molar-refractivity contribution >= 4 is 73.6 Å². The molecule has 0 atom stereocenters. The van der Waals surface area contributed by atoms with E-state index in [1.54, 1.807) is 9.47 Å². The van der Waals surface area contributed by atoms with E-state index in [0.29, 0.717) is 25.0 Å². The van der Waals surface area contributed by atoms with Gasteiger partial charge in [-0.1, -0.05) is 72.9 Å². The number of nitrogens with zero attached hydrogens (tertiary/aromatic N) is 3. The highest BCUT2D eigenvalue weighted by atomic mass is 32.2. The maximum absolute atomic E-state index is 13.7. The SMILES string of the molecule is CCCn1c(=C2SC(=S)N(c3ccc(C)cc3)C2=O)sc(=C2C=Cc3ccccc3N2CC)c1=O. The number of aromatic nitrogens is 1. The Bertz CT molecular complexity index is 1550. The number of thiazole rings is 1. The van der Waals surface area contributed by atoms with Crippen molar-refractivity contribution in [1.82, 2.24) is 4.57 Å². The van der Waals surface area contributed by atoms with E-state index in [1.165, 1.54) is 23.1 Å². The Labute approximate surface area is 217 Å². The molecule has 1 amide bonds. The standard InChI is InChI=1S/C27H25N3O2S3/c1-4-16-29-24(31)22(21-15-12-18-8-6-7-9-20(18)28(21)5-2)34-26(29)23-25(32)30(27(33)35-23)19-13-10-17(3)11-14-19/h6-15H,4-5,16H2,1-3H3. The molecule has 3 heterocycles. The number of carbonyl (C=O) groups is 1. The Kier molecular flexibility index (Phi) is 6.53. The lowest BCUT2D eigenvalue weighted by Gasteiger charge is -2.28. The predicted octanol–water partition coefficient (Wildman–Crippen LogP) is 4.46. The van der Waals surface area contributed by atoms with E-state index >= 15 is 0 Å². The van der Waals surface area contributed by atoms with E-state index in [0.717, 1.165) is 41.2 Å². The lowest BCUT2D eigenvalue weighted by Crippen LogP contribution is -2.37. The second kappa shape index (κ2) is 9.60. The highest BCUT2D eigenvalue weighted by Gasteiger charge is 2.35. The van der Waals surface area contributed by atoms with Crippen molar-refractivity contribution in [3.63, 3.8) is 0 Å². The third-order valence-corrected chi connectivity index (χ3v) is 8.77. The maximum atomic E-state index is 13.7. The number of thioether (sulfide) groups is 1. The van der Waals surface area contributed by atoms with E-state index in [1.807, 2.05) is 56.3 Å². The third-order valence-electron chi connectivity index (χ3n) is 6.07. The van der Waals surface area contributed by atoms with Crippen LogP contribution in [0.3, 0.4) is 0 Å². The van der Waals surface area contributed by atoms with E-state index < -0.39 is 0 Å². The number of thiocarbonyl (C=S) groups is 1. The normalized spacial score (nSPS) is 18.5. The Morgan fingerprint density at radius 2 is 1.71 bits per heavy atom. The zero-order valence-electron chi connectivity index (χ0n) is 19.8. The first kappa shape index (κ1) is 23.8. The molecule has 0 unspecified atom stereocenters. The molecule has 0 spiro atoms. The number of likely N-dealkylation sites (N-methyl/N-ethyl adjacent to an activating group) is 1. The van der Waals surface area contributed by atoms with Crippen LogP contribution in [0.25, 0.3) is 16.7 Å². The minimum Gasteiger partial charge on any atom is -0.340 e. The summed E-state index contributed by atoms with van der Waals surface area (Å²) >= 11 is 8.26. The van der Waals surface area contributed by atoms with Crippen LogP contribution in [-0.2, 0) is 11.3 Å². The summed E-state index contributed by atoms with van der Waals surface area (Å²) in [5.74, 6) is -0.177. The summed E-state index contributed by atoms with van der Waals surface area (Å²) in [6.45, 7) is 7.39. The van der Waals surface area contributed by atoms with Crippen LogP contribution >= 0.6 is 35.3 Å².